The van der Waals surface area contributed by atoms with Crippen LogP contribution in [-0.2, 0) is 9.59 Å². The number of carbonyl (C=O) groups excluding carboxylic acids is 1. The van der Waals surface area contributed by atoms with Crippen molar-refractivity contribution < 1.29 is 14.7 Å². The summed E-state index contributed by atoms with van der Waals surface area (Å²) in [5.74, 6) is -0.934. The molecule has 0 amide bonds. The second kappa shape index (κ2) is 6.75. The molecule has 1 rings (SSSR count). The van der Waals surface area contributed by atoms with Gasteiger partial charge in [0.05, 0.1) is 5.70 Å². The van der Waals surface area contributed by atoms with Crippen LogP contribution in [0.25, 0.3) is 6.08 Å². The molecular weight excluding hydrogens is 238 g/mol. The Bertz CT molecular complexity index is 417. The highest BCUT2D eigenvalue weighted by molar-refractivity contribution is 7.80. The van der Waals surface area contributed by atoms with Crippen molar-refractivity contribution in [1.29, 1.82) is 0 Å². The lowest BCUT2D eigenvalue weighted by Gasteiger charge is -2.12. The monoisotopic (exact) mass is 251 g/mol. The van der Waals surface area contributed by atoms with Crippen LogP contribution in [0.15, 0.2) is 36.0 Å². The standard InChI is InChI=1S/C12H13NO3S/c14-7-10(13-11(8-17)12(15)16)6-9-4-2-1-3-5-9/h1-7,11,13,17H,8H2,(H,15,16)/t11-/m0/s1. The number of nitrogens with one attached hydrogen (secondary N) is 1. The SMILES string of the molecule is O=CC(=Cc1ccccc1)N[C@@H](CS)C(=O)O. The lowest BCUT2D eigenvalue weighted by Crippen LogP contribution is -2.37. The van der Waals surface area contributed by atoms with Crippen molar-refractivity contribution in [3.8, 4) is 0 Å². The van der Waals surface area contributed by atoms with E-state index < -0.39 is 12.0 Å². The molecule has 0 aromatic heterocycles. The van der Waals surface area contributed by atoms with E-state index in [1.165, 1.54) is 0 Å². The van der Waals surface area contributed by atoms with Gasteiger partial charge in [0.25, 0.3) is 0 Å². The summed E-state index contributed by atoms with van der Waals surface area (Å²) in [6.45, 7) is 0. The summed E-state index contributed by atoms with van der Waals surface area (Å²) in [6.07, 6.45) is 2.18. The van der Waals surface area contributed by atoms with E-state index in [-0.39, 0.29) is 11.4 Å². The molecule has 0 bridgehead atoms. The number of allylic oxidation sites excluding steroid dienone is 1. The molecule has 1 aromatic rings. The van der Waals surface area contributed by atoms with Gasteiger partial charge in [-0.05, 0) is 11.6 Å². The van der Waals surface area contributed by atoms with Crippen LogP contribution in [0.1, 0.15) is 5.56 Å². The van der Waals surface area contributed by atoms with Crippen molar-refractivity contribution in [3.05, 3.63) is 41.6 Å². The Labute approximate surface area is 105 Å². The maximum Gasteiger partial charge on any atom is 0.326 e. The van der Waals surface area contributed by atoms with E-state index in [0.717, 1.165) is 5.56 Å². The first-order valence-electron chi connectivity index (χ1n) is 4.99. The van der Waals surface area contributed by atoms with Gasteiger partial charge in [0.15, 0.2) is 6.29 Å². The summed E-state index contributed by atoms with van der Waals surface area (Å²) in [5.41, 5.74) is 1.04. The van der Waals surface area contributed by atoms with Gasteiger partial charge in [-0.25, -0.2) is 4.79 Å². The number of thiol groups is 1. The molecule has 90 valence electrons. The number of aldehydes is 1. The van der Waals surface area contributed by atoms with Gasteiger partial charge < -0.3 is 10.4 Å². The van der Waals surface area contributed by atoms with Gasteiger partial charge in [0.2, 0.25) is 0 Å². The normalized spacial score (nSPS) is 12.9. The predicted molar refractivity (Wildman–Crippen MR) is 68.9 cm³/mol. The van der Waals surface area contributed by atoms with Crippen LogP contribution in [0.5, 0.6) is 0 Å². The first-order chi connectivity index (χ1) is 8.17. The van der Waals surface area contributed by atoms with Crippen molar-refractivity contribution in [2.24, 2.45) is 0 Å². The maximum absolute atomic E-state index is 10.8. The Morgan fingerprint density at radius 3 is 2.53 bits per heavy atom. The third kappa shape index (κ3) is 4.32. The predicted octanol–water partition coefficient (Wildman–Crippen LogP) is 1.20. The van der Waals surface area contributed by atoms with E-state index >= 15 is 0 Å². The Morgan fingerprint density at radius 2 is 2.06 bits per heavy atom. The molecular formula is C12H13NO3S. The molecule has 0 aliphatic rings. The lowest BCUT2D eigenvalue weighted by atomic mass is 10.2. The summed E-state index contributed by atoms with van der Waals surface area (Å²) in [4.78, 5) is 21.6. The van der Waals surface area contributed by atoms with Gasteiger partial charge in [-0.1, -0.05) is 30.3 Å². The molecule has 0 saturated heterocycles. The Hall–Kier alpha value is -1.75. The molecule has 17 heavy (non-hydrogen) atoms. The molecule has 0 fully saturated rings. The second-order valence-electron chi connectivity index (χ2n) is 3.35. The number of carbonyl (C=O) groups is 2. The third-order valence-corrected chi connectivity index (χ3v) is 2.44. The Balaban J connectivity index is 2.82. The number of aliphatic carboxylic acids is 1. The van der Waals surface area contributed by atoms with E-state index in [1.807, 2.05) is 30.3 Å². The van der Waals surface area contributed by atoms with Crippen LogP contribution in [-0.4, -0.2) is 29.2 Å². The maximum atomic E-state index is 10.8. The van der Waals surface area contributed by atoms with Gasteiger partial charge in [-0.3, -0.25) is 4.79 Å². The first-order valence-corrected chi connectivity index (χ1v) is 5.62. The van der Waals surface area contributed by atoms with Gasteiger partial charge in [-0.2, -0.15) is 12.6 Å². The molecule has 0 spiro atoms. The van der Waals surface area contributed by atoms with Crippen LogP contribution in [0.2, 0.25) is 0 Å². The fraction of sp³-hybridized carbons (Fsp3) is 0.167. The second-order valence-corrected chi connectivity index (χ2v) is 3.71. The molecule has 1 atom stereocenters. The van der Waals surface area contributed by atoms with Crippen LogP contribution >= 0.6 is 12.6 Å². The molecule has 4 nitrogen and oxygen atoms in total. The van der Waals surface area contributed by atoms with Gasteiger partial charge in [0.1, 0.15) is 6.04 Å². The van der Waals surface area contributed by atoms with Crippen molar-refractivity contribution in [2.75, 3.05) is 5.75 Å². The van der Waals surface area contributed by atoms with Crippen molar-refractivity contribution in [3.63, 3.8) is 0 Å². The van der Waals surface area contributed by atoms with Crippen molar-refractivity contribution in [1.82, 2.24) is 5.32 Å². The van der Waals surface area contributed by atoms with E-state index in [4.69, 9.17) is 5.11 Å². The number of hydrogen-bond donors (Lipinski definition) is 3. The number of carboxylic acids is 1. The smallest absolute Gasteiger partial charge is 0.326 e. The summed E-state index contributed by atoms with van der Waals surface area (Å²) in [6, 6.07) is 8.30. The summed E-state index contributed by atoms with van der Waals surface area (Å²) in [7, 11) is 0. The zero-order valence-corrected chi connectivity index (χ0v) is 9.93. The van der Waals surface area contributed by atoms with E-state index in [1.54, 1.807) is 6.08 Å². The highest BCUT2D eigenvalue weighted by Gasteiger charge is 2.15. The molecule has 0 saturated carbocycles. The molecule has 0 radical (unpaired) electrons. The number of rotatable bonds is 6. The van der Waals surface area contributed by atoms with Crippen LogP contribution in [0.3, 0.4) is 0 Å². The van der Waals surface area contributed by atoms with E-state index in [9.17, 15) is 9.59 Å². The average Bonchev–Trinajstić information content (AvgIpc) is 2.35. The average molecular weight is 251 g/mol. The molecule has 5 heteroatoms. The van der Waals surface area contributed by atoms with Crippen LogP contribution < -0.4 is 5.32 Å². The summed E-state index contributed by atoms with van der Waals surface area (Å²) >= 11 is 3.91. The van der Waals surface area contributed by atoms with Crippen LogP contribution in [0, 0.1) is 0 Å². The van der Waals surface area contributed by atoms with Gasteiger partial charge in [0, 0.05) is 5.75 Å². The highest BCUT2D eigenvalue weighted by Crippen LogP contribution is 2.04. The largest absolute Gasteiger partial charge is 0.480 e. The van der Waals surface area contributed by atoms with Crippen LogP contribution in [0.4, 0.5) is 0 Å². The molecule has 1 aromatic carbocycles. The van der Waals surface area contributed by atoms with E-state index in [2.05, 4.69) is 17.9 Å². The Kier molecular flexibility index (Phi) is 5.29. The highest BCUT2D eigenvalue weighted by atomic mass is 32.1. The first kappa shape index (κ1) is 13.3. The zero-order valence-electron chi connectivity index (χ0n) is 9.04. The zero-order chi connectivity index (χ0) is 12.7. The minimum Gasteiger partial charge on any atom is -0.480 e. The lowest BCUT2D eigenvalue weighted by molar-refractivity contribution is -0.138. The summed E-state index contributed by atoms with van der Waals surface area (Å²) in [5, 5.41) is 11.4. The van der Waals surface area contributed by atoms with Crippen molar-refractivity contribution in [2.45, 2.75) is 6.04 Å². The third-order valence-electron chi connectivity index (χ3n) is 2.07. The van der Waals surface area contributed by atoms with E-state index in [0.29, 0.717) is 6.29 Å². The minimum absolute atomic E-state index is 0.106. The molecule has 0 unspecified atom stereocenters. The topological polar surface area (TPSA) is 66.4 Å². The van der Waals surface area contributed by atoms with Gasteiger partial charge in [-0.15, -0.1) is 0 Å². The molecule has 0 heterocycles. The quantitative estimate of drug-likeness (QED) is 0.404. The summed E-state index contributed by atoms with van der Waals surface area (Å²) < 4.78 is 0. The molecule has 0 aliphatic heterocycles. The number of carboxylic acid groups (broad SMARTS) is 1. The van der Waals surface area contributed by atoms with Gasteiger partial charge >= 0.3 is 5.97 Å². The molecule has 2 N–H and O–H groups in total. The minimum atomic E-state index is -1.04. The van der Waals surface area contributed by atoms with Crippen molar-refractivity contribution >= 4 is 31.0 Å². The molecule has 0 aliphatic carbocycles. The number of hydrogen-bond acceptors (Lipinski definition) is 4. The Morgan fingerprint density at radius 1 is 1.41 bits per heavy atom. The fourth-order valence-corrected chi connectivity index (χ4v) is 1.47. The fourth-order valence-electron chi connectivity index (χ4n) is 1.23. The number of benzene rings is 1.